The van der Waals surface area contributed by atoms with Gasteiger partial charge < -0.3 is 9.32 Å². The third kappa shape index (κ3) is 5.11. The summed E-state index contributed by atoms with van der Waals surface area (Å²) in [7, 11) is 2.23. The second-order valence-corrected chi connectivity index (χ2v) is 4.16. The van der Waals surface area contributed by atoms with E-state index in [1.165, 1.54) is 6.42 Å². The van der Waals surface area contributed by atoms with Gasteiger partial charge >= 0.3 is 0 Å². The van der Waals surface area contributed by atoms with Crippen LogP contribution in [0.15, 0.2) is 12.2 Å². The second-order valence-electron chi connectivity index (χ2n) is 3.88. The van der Waals surface area contributed by atoms with Crippen molar-refractivity contribution in [1.82, 2.24) is 0 Å². The lowest BCUT2D eigenvalue weighted by Gasteiger charge is -1.98. The fraction of sp³-hybridized carbons (Fsp3) is 0.583. The molecule has 0 aromatic carbocycles. The highest BCUT2D eigenvalue weighted by molar-refractivity contribution is 7.09. The van der Waals surface area contributed by atoms with Crippen molar-refractivity contribution in [2.45, 2.75) is 32.3 Å². The summed E-state index contributed by atoms with van der Waals surface area (Å²) in [5, 5.41) is 0. The smallest absolute Gasteiger partial charge is 0.120 e. The van der Waals surface area contributed by atoms with Crippen LogP contribution in [-0.4, -0.2) is 12.4 Å². The van der Waals surface area contributed by atoms with Crippen molar-refractivity contribution in [2.24, 2.45) is 11.8 Å². The van der Waals surface area contributed by atoms with Crippen LogP contribution in [-0.2, 0) is 9.32 Å². The van der Waals surface area contributed by atoms with Gasteiger partial charge in [-0.3, -0.25) is 0 Å². The first-order valence-electron chi connectivity index (χ1n) is 5.22. The summed E-state index contributed by atoms with van der Waals surface area (Å²) < 4.78 is 4.96. The quantitative estimate of drug-likeness (QED) is 0.407. The molecule has 82 valence electrons. The van der Waals surface area contributed by atoms with Crippen molar-refractivity contribution in [3.8, 4) is 11.8 Å². The van der Waals surface area contributed by atoms with Gasteiger partial charge in [-0.25, -0.2) is 0 Å². The Bertz CT molecular complexity index is 288. The molecule has 4 atom stereocenters. The lowest BCUT2D eigenvalue weighted by molar-refractivity contribution is -0.108. The summed E-state index contributed by atoms with van der Waals surface area (Å²) in [4.78, 5) is 10.2. The molecule has 1 aliphatic rings. The highest BCUT2D eigenvalue weighted by Crippen LogP contribution is 2.42. The number of hydrogen-bond acceptors (Lipinski definition) is 2. The van der Waals surface area contributed by atoms with Crippen LogP contribution in [0.4, 0.5) is 0 Å². The molecule has 0 radical (unpaired) electrons. The first-order valence-corrected chi connectivity index (χ1v) is 5.69. The minimum Gasteiger partial charge on any atom is -0.359 e. The van der Waals surface area contributed by atoms with Crippen LogP contribution in [0, 0.1) is 23.7 Å². The van der Waals surface area contributed by atoms with Crippen molar-refractivity contribution >= 4 is 15.8 Å². The van der Waals surface area contributed by atoms with Gasteiger partial charge in [0, 0.05) is 22.3 Å². The van der Waals surface area contributed by atoms with E-state index in [-0.39, 0.29) is 6.10 Å². The molecule has 3 heteroatoms. The average molecular weight is 224 g/mol. The summed E-state index contributed by atoms with van der Waals surface area (Å²) in [5.41, 5.74) is 0. The molecule has 1 fully saturated rings. The minimum atomic E-state index is 0.0908. The lowest BCUT2D eigenvalue weighted by Crippen LogP contribution is -1.93. The van der Waals surface area contributed by atoms with E-state index in [2.05, 4.69) is 21.3 Å². The maximum atomic E-state index is 10.2. The third-order valence-electron chi connectivity index (χ3n) is 2.60. The van der Waals surface area contributed by atoms with Crippen molar-refractivity contribution in [1.29, 1.82) is 0 Å². The van der Waals surface area contributed by atoms with Gasteiger partial charge in [0.15, 0.2) is 0 Å². The van der Waals surface area contributed by atoms with E-state index in [1.807, 2.05) is 19.1 Å². The van der Waals surface area contributed by atoms with Gasteiger partial charge in [0.2, 0.25) is 0 Å². The van der Waals surface area contributed by atoms with E-state index >= 15 is 0 Å². The van der Waals surface area contributed by atoms with Gasteiger partial charge in [-0.1, -0.05) is 11.8 Å². The van der Waals surface area contributed by atoms with Crippen molar-refractivity contribution in [2.75, 3.05) is 0 Å². The SMILES string of the molecule is CC(/C=C/C#CC[C@H]1C[C@@H]1CC=O)OP. The first kappa shape index (κ1) is 12.4. The number of hydrogen-bond donors (Lipinski definition) is 0. The summed E-state index contributed by atoms with van der Waals surface area (Å²) in [6.07, 6.45) is 7.63. The van der Waals surface area contributed by atoms with Crippen LogP contribution in [0.25, 0.3) is 0 Å². The predicted octanol–water partition coefficient (Wildman–Crippen LogP) is 2.36. The molecule has 2 nitrogen and oxygen atoms in total. The molecule has 15 heavy (non-hydrogen) atoms. The molecule has 0 aromatic heterocycles. The summed E-state index contributed by atoms with van der Waals surface area (Å²) in [6.45, 7) is 1.95. The molecule has 0 heterocycles. The Morgan fingerprint density at radius 3 is 3.07 bits per heavy atom. The predicted molar refractivity (Wildman–Crippen MR) is 64.1 cm³/mol. The Labute approximate surface area is 93.7 Å². The number of carbonyl (C=O) groups excluding carboxylic acids is 1. The fourth-order valence-electron chi connectivity index (χ4n) is 1.45. The summed E-state index contributed by atoms with van der Waals surface area (Å²) >= 11 is 0. The molecule has 1 aliphatic carbocycles. The summed E-state index contributed by atoms with van der Waals surface area (Å²) in [5.74, 6) is 7.34. The Balaban J connectivity index is 2.13. The number of rotatable bonds is 5. The van der Waals surface area contributed by atoms with E-state index in [0.29, 0.717) is 18.3 Å². The molecule has 0 N–H and O–H groups in total. The van der Waals surface area contributed by atoms with Crippen molar-refractivity contribution < 1.29 is 9.32 Å². The molecule has 0 aliphatic heterocycles. The van der Waals surface area contributed by atoms with Crippen molar-refractivity contribution in [3.63, 3.8) is 0 Å². The first-order chi connectivity index (χ1) is 7.27. The molecule has 0 saturated heterocycles. The monoisotopic (exact) mass is 224 g/mol. The van der Waals surface area contributed by atoms with E-state index in [4.69, 9.17) is 4.52 Å². The highest BCUT2D eigenvalue weighted by atomic mass is 31.0. The van der Waals surface area contributed by atoms with E-state index < -0.39 is 0 Å². The largest absolute Gasteiger partial charge is 0.359 e. The Morgan fingerprint density at radius 1 is 1.60 bits per heavy atom. The molecular weight excluding hydrogens is 207 g/mol. The Morgan fingerprint density at radius 2 is 2.40 bits per heavy atom. The Hall–Kier alpha value is -0.640. The average Bonchev–Trinajstić information content (AvgIpc) is 2.96. The van der Waals surface area contributed by atoms with Crippen LogP contribution in [0.5, 0.6) is 0 Å². The molecule has 0 aromatic rings. The summed E-state index contributed by atoms with van der Waals surface area (Å²) in [6, 6.07) is 0. The molecular formula is C12H17O2P. The van der Waals surface area contributed by atoms with Crippen LogP contribution in [0.3, 0.4) is 0 Å². The standard InChI is InChI=1S/C12H17O2P/c1-10(14-15)5-3-2-4-6-11-9-12(11)7-8-13/h3,5,8,10-12H,6-7,9,15H2,1H3/b5-3+/t10?,11-,12-/m0/s1. The van der Waals surface area contributed by atoms with Gasteiger partial charge in [-0.2, -0.15) is 0 Å². The molecule has 0 spiro atoms. The lowest BCUT2D eigenvalue weighted by atomic mass is 10.2. The topological polar surface area (TPSA) is 26.3 Å². The van der Waals surface area contributed by atoms with E-state index in [0.717, 1.165) is 12.7 Å². The molecule has 2 unspecified atom stereocenters. The van der Waals surface area contributed by atoms with Crippen LogP contribution in [0.1, 0.15) is 26.2 Å². The number of aldehydes is 1. The van der Waals surface area contributed by atoms with Crippen LogP contribution < -0.4 is 0 Å². The maximum absolute atomic E-state index is 10.2. The normalized spacial score (nSPS) is 25.7. The molecule has 1 rings (SSSR count). The van der Waals surface area contributed by atoms with Gasteiger partial charge in [0.25, 0.3) is 0 Å². The van der Waals surface area contributed by atoms with Gasteiger partial charge in [-0.15, -0.1) is 0 Å². The number of allylic oxidation sites excluding steroid dienone is 1. The van der Waals surface area contributed by atoms with Crippen LogP contribution >= 0.6 is 9.47 Å². The van der Waals surface area contributed by atoms with Gasteiger partial charge in [0.1, 0.15) is 6.29 Å². The zero-order valence-electron chi connectivity index (χ0n) is 8.98. The maximum Gasteiger partial charge on any atom is 0.120 e. The molecule has 0 amide bonds. The van der Waals surface area contributed by atoms with E-state index in [9.17, 15) is 4.79 Å². The highest BCUT2D eigenvalue weighted by Gasteiger charge is 2.35. The van der Waals surface area contributed by atoms with Gasteiger partial charge in [-0.05, 0) is 37.3 Å². The zero-order chi connectivity index (χ0) is 11.1. The van der Waals surface area contributed by atoms with Gasteiger partial charge in [0.05, 0.1) is 6.10 Å². The van der Waals surface area contributed by atoms with Crippen molar-refractivity contribution in [3.05, 3.63) is 12.2 Å². The second kappa shape index (κ2) is 6.77. The zero-order valence-corrected chi connectivity index (χ0v) is 10.1. The molecule has 1 saturated carbocycles. The van der Waals surface area contributed by atoms with E-state index in [1.54, 1.807) is 0 Å². The number of carbonyl (C=O) groups is 1. The minimum absolute atomic E-state index is 0.0908. The molecule has 0 bridgehead atoms. The Kier molecular flexibility index (Phi) is 5.61. The third-order valence-corrected chi connectivity index (χ3v) is 3.03. The fourth-order valence-corrected chi connectivity index (χ4v) is 1.54. The van der Waals surface area contributed by atoms with Crippen LogP contribution in [0.2, 0.25) is 0 Å².